The van der Waals surface area contributed by atoms with Gasteiger partial charge in [0.15, 0.2) is 0 Å². The van der Waals surface area contributed by atoms with E-state index in [1.165, 1.54) is 17.0 Å². The monoisotopic (exact) mass is 479 g/mol. The zero-order chi connectivity index (χ0) is 25.0. The molecule has 4 rings (SSSR count). The number of ether oxygens (including phenoxy) is 1. The number of hydrogen-bond donors (Lipinski definition) is 1. The van der Waals surface area contributed by atoms with E-state index in [0.29, 0.717) is 29.7 Å². The van der Waals surface area contributed by atoms with Crippen molar-refractivity contribution in [3.8, 4) is 5.75 Å². The Morgan fingerprint density at radius 2 is 1.66 bits per heavy atom. The van der Waals surface area contributed by atoms with Crippen molar-refractivity contribution < 1.29 is 28.2 Å². The molecule has 5 nitrogen and oxygen atoms in total. The van der Waals surface area contributed by atoms with Gasteiger partial charge in [0.25, 0.3) is 0 Å². The van der Waals surface area contributed by atoms with Crippen molar-refractivity contribution in [2.75, 3.05) is 13.1 Å². The van der Waals surface area contributed by atoms with Gasteiger partial charge in [-0.15, -0.1) is 0 Å². The molecule has 182 valence electrons. The average Bonchev–Trinajstić information content (AvgIpc) is 3.14. The van der Waals surface area contributed by atoms with E-state index < -0.39 is 18.1 Å². The van der Waals surface area contributed by atoms with Crippen molar-refractivity contribution in [1.82, 2.24) is 4.90 Å². The third-order valence-electron chi connectivity index (χ3n) is 6.21. The zero-order valence-corrected chi connectivity index (χ0v) is 19.5. The first-order chi connectivity index (χ1) is 16.7. The molecular weight excluding hydrogens is 452 g/mol. The van der Waals surface area contributed by atoms with Gasteiger partial charge in [-0.2, -0.15) is 0 Å². The summed E-state index contributed by atoms with van der Waals surface area (Å²) in [6.45, 7) is 1.57. The van der Waals surface area contributed by atoms with Crippen LogP contribution in [-0.2, 0) is 35.3 Å². The van der Waals surface area contributed by atoms with Crippen LogP contribution in [0.25, 0.3) is 0 Å². The maximum absolute atomic E-state index is 14.1. The van der Waals surface area contributed by atoms with Crippen LogP contribution < -0.4 is 4.74 Å². The Balaban J connectivity index is 1.43. The van der Waals surface area contributed by atoms with Gasteiger partial charge in [0, 0.05) is 19.4 Å². The molecule has 1 amide bonds. The smallest absolute Gasteiger partial charge is 0.323 e. The highest BCUT2D eigenvalue weighted by atomic mass is 19.1. The molecule has 0 saturated heterocycles. The van der Waals surface area contributed by atoms with Crippen LogP contribution in [0.5, 0.6) is 5.75 Å². The SMILES string of the molecule is C[C@]1(Cc2ccccc2F)Cc2cc(CC(=O)N(CCc3ccccc3F)CC(=O)O)ccc2O1. The fourth-order valence-electron chi connectivity index (χ4n) is 4.53. The number of carboxylic acid groups (broad SMARTS) is 1. The van der Waals surface area contributed by atoms with E-state index in [-0.39, 0.29) is 36.9 Å². The van der Waals surface area contributed by atoms with Crippen LogP contribution >= 0.6 is 0 Å². The van der Waals surface area contributed by atoms with Crippen molar-refractivity contribution in [2.45, 2.75) is 38.2 Å². The molecule has 0 spiro atoms. The summed E-state index contributed by atoms with van der Waals surface area (Å²) in [6.07, 6.45) is 1.20. The lowest BCUT2D eigenvalue weighted by Gasteiger charge is -2.24. The number of hydrogen-bond acceptors (Lipinski definition) is 3. The summed E-state index contributed by atoms with van der Waals surface area (Å²) in [5.41, 5.74) is 2.05. The number of halogens is 2. The largest absolute Gasteiger partial charge is 0.487 e. The molecular formula is C28H27F2NO4. The average molecular weight is 480 g/mol. The predicted molar refractivity (Wildman–Crippen MR) is 127 cm³/mol. The van der Waals surface area contributed by atoms with Crippen LogP contribution in [-0.4, -0.2) is 40.6 Å². The zero-order valence-electron chi connectivity index (χ0n) is 19.5. The second-order valence-electron chi connectivity index (χ2n) is 9.17. The Bertz CT molecular complexity index is 1250. The number of benzene rings is 3. The minimum Gasteiger partial charge on any atom is -0.487 e. The fourth-order valence-corrected chi connectivity index (χ4v) is 4.53. The first-order valence-corrected chi connectivity index (χ1v) is 11.5. The molecule has 1 aliphatic rings. The molecule has 0 aliphatic carbocycles. The van der Waals surface area contributed by atoms with Gasteiger partial charge in [0.05, 0.1) is 6.42 Å². The van der Waals surface area contributed by atoms with Gasteiger partial charge in [-0.25, -0.2) is 8.78 Å². The van der Waals surface area contributed by atoms with Crippen LogP contribution in [0.2, 0.25) is 0 Å². The summed E-state index contributed by atoms with van der Waals surface area (Å²) < 4.78 is 34.2. The Labute approximate surface area is 203 Å². The molecule has 1 aliphatic heterocycles. The normalized spacial score (nSPS) is 16.4. The van der Waals surface area contributed by atoms with Crippen molar-refractivity contribution in [3.05, 3.63) is 101 Å². The van der Waals surface area contributed by atoms with Gasteiger partial charge in [-0.05, 0) is 53.8 Å². The predicted octanol–water partition coefficient (Wildman–Crippen LogP) is 4.60. The number of amides is 1. The second kappa shape index (κ2) is 10.3. The molecule has 0 saturated carbocycles. The number of aliphatic carboxylic acids is 1. The number of carbonyl (C=O) groups is 2. The summed E-state index contributed by atoms with van der Waals surface area (Å²) in [4.78, 5) is 25.5. The lowest BCUT2D eigenvalue weighted by atomic mass is 9.91. The van der Waals surface area contributed by atoms with Crippen LogP contribution in [0.4, 0.5) is 8.78 Å². The molecule has 1 N–H and O–H groups in total. The van der Waals surface area contributed by atoms with Crippen LogP contribution in [0, 0.1) is 11.6 Å². The molecule has 0 fully saturated rings. The summed E-state index contributed by atoms with van der Waals surface area (Å²) in [7, 11) is 0. The van der Waals surface area contributed by atoms with Gasteiger partial charge in [0.2, 0.25) is 5.91 Å². The van der Waals surface area contributed by atoms with Crippen LogP contribution in [0.1, 0.15) is 29.2 Å². The Morgan fingerprint density at radius 3 is 2.31 bits per heavy atom. The molecule has 0 radical (unpaired) electrons. The van der Waals surface area contributed by atoms with Gasteiger partial charge >= 0.3 is 5.97 Å². The number of nitrogens with zero attached hydrogens (tertiary/aromatic N) is 1. The minimum atomic E-state index is -1.13. The molecule has 7 heteroatoms. The molecule has 0 aromatic heterocycles. The molecule has 3 aromatic carbocycles. The lowest BCUT2D eigenvalue weighted by molar-refractivity contribution is -0.144. The summed E-state index contributed by atoms with van der Waals surface area (Å²) in [5, 5.41) is 9.26. The fraction of sp³-hybridized carbons (Fsp3) is 0.286. The number of rotatable bonds is 9. The highest BCUT2D eigenvalue weighted by Gasteiger charge is 2.36. The number of fused-ring (bicyclic) bond motifs is 1. The van der Waals surface area contributed by atoms with Crippen molar-refractivity contribution >= 4 is 11.9 Å². The highest BCUT2D eigenvalue weighted by molar-refractivity contribution is 5.83. The van der Waals surface area contributed by atoms with Crippen molar-refractivity contribution in [3.63, 3.8) is 0 Å². The molecule has 35 heavy (non-hydrogen) atoms. The Morgan fingerprint density at radius 1 is 1.00 bits per heavy atom. The Hall–Kier alpha value is -3.74. The first kappa shape index (κ1) is 24.4. The first-order valence-electron chi connectivity index (χ1n) is 11.5. The standard InChI is InChI=1S/C28H27F2NO4/c1-28(16-21-7-3-5-9-24(21)30)17-22-14-19(10-11-25(22)35-28)15-26(32)31(18-27(33)34)13-12-20-6-2-4-8-23(20)29/h2-11,14H,12-13,15-18H2,1H3,(H,33,34)/t28-/m0/s1. The summed E-state index contributed by atoms with van der Waals surface area (Å²) >= 11 is 0. The van der Waals surface area contributed by atoms with E-state index in [4.69, 9.17) is 4.74 Å². The lowest BCUT2D eigenvalue weighted by Crippen LogP contribution is -2.38. The van der Waals surface area contributed by atoms with E-state index in [2.05, 4.69) is 0 Å². The van der Waals surface area contributed by atoms with E-state index in [9.17, 15) is 23.5 Å². The molecule has 3 aromatic rings. The second-order valence-corrected chi connectivity index (χ2v) is 9.17. The van der Waals surface area contributed by atoms with Crippen LogP contribution in [0.15, 0.2) is 66.7 Å². The molecule has 1 atom stereocenters. The summed E-state index contributed by atoms with van der Waals surface area (Å²) in [6, 6.07) is 18.3. The maximum Gasteiger partial charge on any atom is 0.323 e. The van der Waals surface area contributed by atoms with Crippen molar-refractivity contribution in [1.29, 1.82) is 0 Å². The maximum atomic E-state index is 14.1. The van der Waals surface area contributed by atoms with Gasteiger partial charge < -0.3 is 14.7 Å². The topological polar surface area (TPSA) is 66.8 Å². The van der Waals surface area contributed by atoms with E-state index in [1.54, 1.807) is 48.5 Å². The van der Waals surface area contributed by atoms with Gasteiger partial charge in [-0.1, -0.05) is 48.5 Å². The third-order valence-corrected chi connectivity index (χ3v) is 6.21. The molecule has 0 bridgehead atoms. The third kappa shape index (κ3) is 6.04. The number of carboxylic acids is 1. The molecule has 0 unspecified atom stereocenters. The summed E-state index contributed by atoms with van der Waals surface area (Å²) in [5.74, 6) is -1.43. The van der Waals surface area contributed by atoms with Gasteiger partial charge in [0.1, 0.15) is 29.5 Å². The van der Waals surface area contributed by atoms with E-state index >= 15 is 0 Å². The number of carbonyl (C=O) groups excluding carboxylic acids is 1. The highest BCUT2D eigenvalue weighted by Crippen LogP contribution is 2.38. The van der Waals surface area contributed by atoms with Crippen molar-refractivity contribution in [2.24, 2.45) is 0 Å². The Kier molecular flexibility index (Phi) is 7.15. The molecule has 1 heterocycles. The van der Waals surface area contributed by atoms with E-state index in [0.717, 1.165) is 11.1 Å². The van der Waals surface area contributed by atoms with Crippen LogP contribution in [0.3, 0.4) is 0 Å². The minimum absolute atomic E-state index is 0.0157. The van der Waals surface area contributed by atoms with E-state index in [1.807, 2.05) is 13.0 Å². The quantitative estimate of drug-likeness (QED) is 0.487. The van der Waals surface area contributed by atoms with Gasteiger partial charge in [-0.3, -0.25) is 9.59 Å².